The van der Waals surface area contributed by atoms with Crippen LogP contribution >= 0.6 is 0 Å². The molecule has 1 aliphatic heterocycles. The highest BCUT2D eigenvalue weighted by atomic mass is 16.2. The predicted octanol–water partition coefficient (Wildman–Crippen LogP) is 2.66. The lowest BCUT2D eigenvalue weighted by atomic mass is 10.0. The second-order valence-corrected chi connectivity index (χ2v) is 6.14. The van der Waals surface area contributed by atoms with Crippen LogP contribution in [0.5, 0.6) is 0 Å². The number of aromatic nitrogens is 3. The average Bonchev–Trinajstić information content (AvgIpc) is 3.18. The molecule has 1 aromatic carbocycles. The number of benzene rings is 1. The molecule has 5 heteroatoms. The van der Waals surface area contributed by atoms with Crippen molar-refractivity contribution in [1.29, 1.82) is 0 Å². The molecule has 0 bridgehead atoms. The average molecular weight is 320 g/mol. The summed E-state index contributed by atoms with van der Waals surface area (Å²) >= 11 is 0. The van der Waals surface area contributed by atoms with Gasteiger partial charge in [-0.15, -0.1) is 0 Å². The highest BCUT2D eigenvalue weighted by molar-refractivity contribution is 5.92. The molecule has 0 unspecified atom stereocenters. The van der Waals surface area contributed by atoms with Crippen LogP contribution in [0, 0.1) is 0 Å². The summed E-state index contributed by atoms with van der Waals surface area (Å²) in [4.78, 5) is 17.5. The van der Waals surface area contributed by atoms with Crippen molar-refractivity contribution in [3.05, 3.63) is 65.6 Å². The molecule has 0 saturated carbocycles. The molecule has 24 heavy (non-hydrogen) atoms. The molecule has 0 atom stereocenters. The first-order valence-corrected chi connectivity index (χ1v) is 8.27. The van der Waals surface area contributed by atoms with Crippen molar-refractivity contribution >= 4 is 5.91 Å². The van der Waals surface area contributed by atoms with Gasteiger partial charge in [0.15, 0.2) is 0 Å². The zero-order valence-electron chi connectivity index (χ0n) is 13.7. The molecule has 1 amide bonds. The van der Waals surface area contributed by atoms with Gasteiger partial charge in [0.05, 0.1) is 5.69 Å². The van der Waals surface area contributed by atoms with Gasteiger partial charge in [0, 0.05) is 49.6 Å². The molecule has 0 spiro atoms. The highest BCUT2D eigenvalue weighted by Gasteiger charge is 2.25. The number of H-pyrrole nitrogens is 1. The van der Waals surface area contributed by atoms with E-state index in [9.17, 15) is 4.79 Å². The summed E-state index contributed by atoms with van der Waals surface area (Å²) in [6.07, 6.45) is 3.45. The minimum atomic E-state index is 0.0713. The van der Waals surface area contributed by atoms with E-state index >= 15 is 0 Å². The van der Waals surface area contributed by atoms with Gasteiger partial charge in [-0.1, -0.05) is 30.3 Å². The van der Waals surface area contributed by atoms with Crippen LogP contribution in [0.15, 0.2) is 48.7 Å². The number of aryl methyl sites for hydroxylation is 1. The largest absolute Gasteiger partial charge is 0.357 e. The standard InChI is InChI=1S/C19H20N4O/c1-22-17-10-13-23(19(24)16-8-5-11-20-16)12-9-15(17)18(21-22)14-6-3-2-4-7-14/h2-8,11,20H,9-10,12-13H2,1H3. The minimum absolute atomic E-state index is 0.0713. The van der Waals surface area contributed by atoms with Gasteiger partial charge in [0.1, 0.15) is 5.69 Å². The first-order chi connectivity index (χ1) is 11.7. The number of carbonyl (C=O) groups excluding carboxylic acids is 1. The summed E-state index contributed by atoms with van der Waals surface area (Å²) in [5.74, 6) is 0.0713. The van der Waals surface area contributed by atoms with Crippen LogP contribution in [0.25, 0.3) is 11.3 Å². The smallest absolute Gasteiger partial charge is 0.270 e. The van der Waals surface area contributed by atoms with E-state index in [0.717, 1.165) is 37.2 Å². The van der Waals surface area contributed by atoms with E-state index in [4.69, 9.17) is 5.10 Å². The van der Waals surface area contributed by atoms with Crippen molar-refractivity contribution in [3.8, 4) is 11.3 Å². The Morgan fingerprint density at radius 1 is 1.08 bits per heavy atom. The SMILES string of the molecule is Cn1nc(-c2ccccc2)c2c1CCN(C(=O)c1ccc[nH]1)CC2. The van der Waals surface area contributed by atoms with Gasteiger partial charge in [-0.05, 0) is 18.6 Å². The monoisotopic (exact) mass is 320 g/mol. The van der Waals surface area contributed by atoms with Crippen LogP contribution in [0.1, 0.15) is 21.7 Å². The Morgan fingerprint density at radius 3 is 2.62 bits per heavy atom. The van der Waals surface area contributed by atoms with Gasteiger partial charge in [0.2, 0.25) is 0 Å². The molecule has 2 aromatic heterocycles. The van der Waals surface area contributed by atoms with Crippen molar-refractivity contribution in [2.75, 3.05) is 13.1 Å². The van der Waals surface area contributed by atoms with Gasteiger partial charge >= 0.3 is 0 Å². The van der Waals surface area contributed by atoms with Crippen LogP contribution in [-0.4, -0.2) is 38.7 Å². The molecule has 3 heterocycles. The van der Waals surface area contributed by atoms with Crippen LogP contribution in [0.4, 0.5) is 0 Å². The molecule has 1 aliphatic rings. The molecule has 5 nitrogen and oxygen atoms in total. The summed E-state index contributed by atoms with van der Waals surface area (Å²) < 4.78 is 1.97. The number of hydrogen-bond donors (Lipinski definition) is 1. The number of fused-ring (bicyclic) bond motifs is 1. The van der Waals surface area contributed by atoms with Gasteiger partial charge in [-0.3, -0.25) is 9.48 Å². The van der Waals surface area contributed by atoms with Crippen molar-refractivity contribution in [1.82, 2.24) is 19.7 Å². The molecular formula is C19H20N4O. The minimum Gasteiger partial charge on any atom is -0.357 e. The van der Waals surface area contributed by atoms with Crippen LogP contribution in [-0.2, 0) is 19.9 Å². The number of nitrogens with zero attached hydrogens (tertiary/aromatic N) is 3. The summed E-state index contributed by atoms with van der Waals surface area (Å²) in [5.41, 5.74) is 5.34. The summed E-state index contributed by atoms with van der Waals surface area (Å²) in [6.45, 7) is 1.44. The lowest BCUT2D eigenvalue weighted by Gasteiger charge is -2.19. The number of aromatic amines is 1. The van der Waals surface area contributed by atoms with E-state index < -0.39 is 0 Å². The third-order valence-corrected chi connectivity index (χ3v) is 4.69. The number of hydrogen-bond acceptors (Lipinski definition) is 2. The van der Waals surface area contributed by atoms with Crippen molar-refractivity contribution in [2.24, 2.45) is 7.05 Å². The topological polar surface area (TPSA) is 53.9 Å². The third kappa shape index (κ3) is 2.52. The fraction of sp³-hybridized carbons (Fsp3) is 0.263. The zero-order valence-corrected chi connectivity index (χ0v) is 13.7. The Labute approximate surface area is 140 Å². The summed E-state index contributed by atoms with van der Waals surface area (Å²) in [7, 11) is 1.99. The number of amides is 1. The Hall–Kier alpha value is -2.82. The Balaban J connectivity index is 1.63. The van der Waals surface area contributed by atoms with Crippen molar-refractivity contribution in [2.45, 2.75) is 12.8 Å². The molecule has 0 radical (unpaired) electrons. The van der Waals surface area contributed by atoms with E-state index in [1.165, 1.54) is 11.3 Å². The fourth-order valence-electron chi connectivity index (χ4n) is 3.44. The maximum atomic E-state index is 12.6. The quantitative estimate of drug-likeness (QED) is 0.789. The number of carbonyl (C=O) groups is 1. The molecular weight excluding hydrogens is 300 g/mol. The molecule has 0 fully saturated rings. The normalized spacial score (nSPS) is 14.3. The summed E-state index contributed by atoms with van der Waals surface area (Å²) in [6, 6.07) is 14.0. The van der Waals surface area contributed by atoms with Gasteiger partial charge in [-0.25, -0.2) is 0 Å². The third-order valence-electron chi connectivity index (χ3n) is 4.69. The van der Waals surface area contributed by atoms with Crippen molar-refractivity contribution < 1.29 is 4.79 Å². The number of rotatable bonds is 2. The molecule has 0 saturated heterocycles. The Kier molecular flexibility index (Phi) is 3.69. The van der Waals surface area contributed by atoms with E-state index in [2.05, 4.69) is 17.1 Å². The molecule has 3 aromatic rings. The van der Waals surface area contributed by atoms with Gasteiger partial charge in [0.25, 0.3) is 5.91 Å². The summed E-state index contributed by atoms with van der Waals surface area (Å²) in [5, 5.41) is 4.73. The van der Waals surface area contributed by atoms with E-state index in [1.807, 2.05) is 47.0 Å². The second kappa shape index (κ2) is 6.00. The predicted molar refractivity (Wildman–Crippen MR) is 92.7 cm³/mol. The molecule has 122 valence electrons. The van der Waals surface area contributed by atoms with E-state index in [-0.39, 0.29) is 5.91 Å². The van der Waals surface area contributed by atoms with Crippen molar-refractivity contribution in [3.63, 3.8) is 0 Å². The number of nitrogens with one attached hydrogen (secondary N) is 1. The van der Waals surface area contributed by atoms with E-state index in [1.54, 1.807) is 6.20 Å². The molecule has 0 aliphatic carbocycles. The Morgan fingerprint density at radius 2 is 1.88 bits per heavy atom. The van der Waals surface area contributed by atoms with Crippen LogP contribution in [0.3, 0.4) is 0 Å². The van der Waals surface area contributed by atoms with E-state index in [0.29, 0.717) is 5.69 Å². The maximum absolute atomic E-state index is 12.6. The first-order valence-electron chi connectivity index (χ1n) is 8.27. The maximum Gasteiger partial charge on any atom is 0.270 e. The fourth-order valence-corrected chi connectivity index (χ4v) is 3.44. The Bertz CT molecular complexity index is 849. The molecule has 1 N–H and O–H groups in total. The van der Waals surface area contributed by atoms with Crippen LogP contribution in [0.2, 0.25) is 0 Å². The van der Waals surface area contributed by atoms with Gasteiger partial charge in [-0.2, -0.15) is 5.10 Å². The van der Waals surface area contributed by atoms with Gasteiger partial charge < -0.3 is 9.88 Å². The highest BCUT2D eigenvalue weighted by Crippen LogP contribution is 2.28. The zero-order chi connectivity index (χ0) is 16.5. The lowest BCUT2D eigenvalue weighted by molar-refractivity contribution is 0.0757. The second-order valence-electron chi connectivity index (χ2n) is 6.14. The lowest BCUT2D eigenvalue weighted by Crippen LogP contribution is -2.33. The van der Waals surface area contributed by atoms with Crippen LogP contribution < -0.4 is 0 Å². The molecule has 4 rings (SSSR count). The first kappa shape index (κ1) is 14.8.